The van der Waals surface area contributed by atoms with Crippen LogP contribution in [0.1, 0.15) is 39.3 Å². The Bertz CT molecular complexity index is 812. The highest BCUT2D eigenvalue weighted by Gasteiger charge is 2.29. The lowest BCUT2D eigenvalue weighted by atomic mass is 9.93. The number of piperidine rings is 1. The van der Waals surface area contributed by atoms with Crippen molar-refractivity contribution in [2.24, 2.45) is 10.6 Å². The molecule has 0 unspecified atom stereocenters. The van der Waals surface area contributed by atoms with Crippen molar-refractivity contribution in [1.82, 2.24) is 9.88 Å². The van der Waals surface area contributed by atoms with Crippen molar-refractivity contribution in [2.75, 3.05) is 13.1 Å². The molecule has 0 radical (unpaired) electrons. The molecule has 144 valence electrons. The van der Waals surface area contributed by atoms with Crippen molar-refractivity contribution < 1.29 is 18.4 Å². The van der Waals surface area contributed by atoms with Crippen molar-refractivity contribution in [3.8, 4) is 11.5 Å². The molecule has 6 nitrogen and oxygen atoms in total. The number of hydrogen-bond donors (Lipinski definition) is 0. The van der Waals surface area contributed by atoms with Gasteiger partial charge in [-0.2, -0.15) is 0 Å². The Morgan fingerprint density at radius 3 is 2.56 bits per heavy atom. The fraction of sp³-hybridized carbons (Fsp3) is 0.450. The van der Waals surface area contributed by atoms with Gasteiger partial charge in [0, 0.05) is 36.9 Å². The van der Waals surface area contributed by atoms with E-state index in [4.69, 9.17) is 9.25 Å². The normalized spacial score (nSPS) is 15.0. The number of oxime groups is 1. The zero-order valence-corrected chi connectivity index (χ0v) is 15.9. The van der Waals surface area contributed by atoms with Crippen LogP contribution in [0.2, 0.25) is 0 Å². The van der Waals surface area contributed by atoms with E-state index in [-0.39, 0.29) is 23.7 Å². The van der Waals surface area contributed by atoms with Crippen molar-refractivity contribution in [3.63, 3.8) is 0 Å². The van der Waals surface area contributed by atoms with E-state index >= 15 is 0 Å². The summed E-state index contributed by atoms with van der Waals surface area (Å²) in [6.07, 6.45) is 2.92. The average Bonchev–Trinajstić information content (AvgIpc) is 3.10. The number of amides is 1. The summed E-state index contributed by atoms with van der Waals surface area (Å²) in [5.41, 5.74) is 1.89. The molecule has 0 saturated carbocycles. The molecule has 0 atom stereocenters. The lowest BCUT2D eigenvalue weighted by Gasteiger charge is -2.32. The maximum Gasteiger partial charge on any atom is 0.227 e. The fourth-order valence-electron chi connectivity index (χ4n) is 2.82. The SMILES string of the molecule is CC(C)(C)C(=O)N1CCC(=NOCc2coc(-c3ccc(F)cc3)n2)CC1. The highest BCUT2D eigenvalue weighted by Crippen LogP contribution is 2.21. The number of benzene rings is 1. The smallest absolute Gasteiger partial charge is 0.227 e. The number of likely N-dealkylation sites (tertiary alicyclic amines) is 1. The molecular formula is C20H24FN3O3. The van der Waals surface area contributed by atoms with Crippen molar-refractivity contribution in [2.45, 2.75) is 40.2 Å². The van der Waals surface area contributed by atoms with Gasteiger partial charge in [0.2, 0.25) is 11.8 Å². The molecule has 0 aliphatic carbocycles. The van der Waals surface area contributed by atoms with Crippen molar-refractivity contribution in [1.29, 1.82) is 0 Å². The Balaban J connectivity index is 1.49. The first-order valence-corrected chi connectivity index (χ1v) is 9.00. The molecule has 2 aromatic rings. The molecule has 1 aromatic carbocycles. The van der Waals surface area contributed by atoms with Crippen LogP contribution in [0.25, 0.3) is 11.5 Å². The van der Waals surface area contributed by atoms with Gasteiger partial charge < -0.3 is 14.2 Å². The summed E-state index contributed by atoms with van der Waals surface area (Å²) in [5, 5.41) is 4.18. The van der Waals surface area contributed by atoms with Gasteiger partial charge >= 0.3 is 0 Å². The molecule has 27 heavy (non-hydrogen) atoms. The van der Waals surface area contributed by atoms with Gasteiger partial charge in [-0.1, -0.05) is 25.9 Å². The second-order valence-electron chi connectivity index (χ2n) is 7.62. The summed E-state index contributed by atoms with van der Waals surface area (Å²) >= 11 is 0. The quantitative estimate of drug-likeness (QED) is 0.759. The van der Waals surface area contributed by atoms with Gasteiger partial charge in [0.15, 0.2) is 6.61 Å². The number of oxazole rings is 1. The lowest BCUT2D eigenvalue weighted by Crippen LogP contribution is -2.44. The Labute approximate surface area is 158 Å². The molecule has 1 saturated heterocycles. The second-order valence-corrected chi connectivity index (χ2v) is 7.62. The zero-order valence-electron chi connectivity index (χ0n) is 15.9. The number of hydrogen-bond acceptors (Lipinski definition) is 5. The maximum atomic E-state index is 13.0. The van der Waals surface area contributed by atoms with Gasteiger partial charge in [-0.05, 0) is 24.3 Å². The molecule has 1 aliphatic rings. The van der Waals surface area contributed by atoms with E-state index in [1.165, 1.54) is 18.4 Å². The Morgan fingerprint density at radius 1 is 1.26 bits per heavy atom. The number of rotatable bonds is 4. The predicted molar refractivity (Wildman–Crippen MR) is 99.4 cm³/mol. The van der Waals surface area contributed by atoms with Crippen LogP contribution < -0.4 is 0 Å². The van der Waals surface area contributed by atoms with Crippen LogP contribution in [0.15, 0.2) is 40.1 Å². The lowest BCUT2D eigenvalue weighted by molar-refractivity contribution is -0.139. The van der Waals surface area contributed by atoms with Crippen molar-refractivity contribution >= 4 is 11.6 Å². The Hall–Kier alpha value is -2.70. The monoisotopic (exact) mass is 373 g/mol. The number of nitrogens with zero attached hydrogens (tertiary/aromatic N) is 3. The predicted octanol–water partition coefficient (Wildman–Crippen LogP) is 4.02. The van der Waals surface area contributed by atoms with Gasteiger partial charge in [-0.15, -0.1) is 0 Å². The highest BCUT2D eigenvalue weighted by atomic mass is 19.1. The first-order chi connectivity index (χ1) is 12.8. The van der Waals surface area contributed by atoms with E-state index in [2.05, 4.69) is 10.1 Å². The van der Waals surface area contributed by atoms with Crippen LogP contribution in [0, 0.1) is 11.2 Å². The van der Waals surface area contributed by atoms with Crippen molar-refractivity contribution in [3.05, 3.63) is 42.0 Å². The van der Waals surface area contributed by atoms with E-state index in [0.717, 1.165) is 5.71 Å². The fourth-order valence-corrected chi connectivity index (χ4v) is 2.82. The Kier molecular flexibility index (Phi) is 5.58. The average molecular weight is 373 g/mol. The van der Waals surface area contributed by atoms with Gasteiger partial charge in [-0.25, -0.2) is 9.37 Å². The van der Waals surface area contributed by atoms with Crippen LogP contribution in [0.5, 0.6) is 0 Å². The van der Waals surface area contributed by atoms with E-state index < -0.39 is 0 Å². The second kappa shape index (κ2) is 7.90. The first kappa shape index (κ1) is 19.1. The topological polar surface area (TPSA) is 67.9 Å². The minimum atomic E-state index is -0.361. The number of aromatic nitrogens is 1. The minimum Gasteiger partial charge on any atom is -0.444 e. The molecule has 1 aliphatic heterocycles. The largest absolute Gasteiger partial charge is 0.444 e. The molecule has 0 spiro atoms. The first-order valence-electron chi connectivity index (χ1n) is 9.00. The molecule has 2 heterocycles. The minimum absolute atomic E-state index is 0.165. The molecule has 0 N–H and O–H groups in total. The Morgan fingerprint density at radius 2 is 1.93 bits per heavy atom. The summed E-state index contributed by atoms with van der Waals surface area (Å²) in [4.78, 5) is 23.9. The summed E-state index contributed by atoms with van der Waals surface area (Å²) < 4.78 is 18.4. The molecule has 0 bridgehead atoms. The van der Waals surface area contributed by atoms with Gasteiger partial charge in [0.1, 0.15) is 17.8 Å². The van der Waals surface area contributed by atoms with Crippen LogP contribution in [-0.4, -0.2) is 34.6 Å². The summed E-state index contributed by atoms with van der Waals surface area (Å²) in [5.74, 6) is 0.272. The van der Waals surface area contributed by atoms with Gasteiger partial charge in [-0.3, -0.25) is 4.79 Å². The van der Waals surface area contributed by atoms with E-state index in [1.54, 1.807) is 12.1 Å². The van der Waals surface area contributed by atoms with Crippen LogP contribution in [0.3, 0.4) is 0 Å². The van der Waals surface area contributed by atoms with Crippen LogP contribution >= 0.6 is 0 Å². The van der Waals surface area contributed by atoms with Gasteiger partial charge in [0.25, 0.3) is 0 Å². The summed E-state index contributed by atoms with van der Waals surface area (Å²) in [6, 6.07) is 5.94. The number of carbonyl (C=O) groups is 1. The molecule has 1 aromatic heterocycles. The van der Waals surface area contributed by atoms with Crippen LogP contribution in [0.4, 0.5) is 4.39 Å². The zero-order chi connectivity index (χ0) is 19.4. The number of halogens is 1. The number of carbonyl (C=O) groups excluding carboxylic acids is 1. The van der Waals surface area contributed by atoms with E-state index in [1.807, 2.05) is 25.7 Å². The summed E-state index contributed by atoms with van der Waals surface area (Å²) in [6.45, 7) is 7.31. The highest BCUT2D eigenvalue weighted by molar-refractivity contribution is 5.88. The third kappa shape index (κ3) is 4.93. The third-order valence-electron chi connectivity index (χ3n) is 4.32. The molecule has 1 amide bonds. The standard InChI is InChI=1S/C20H24FN3O3/c1-20(2,3)19(25)24-10-8-16(9-11-24)23-27-13-17-12-26-18(22-17)14-4-6-15(21)7-5-14/h4-7,12H,8-11,13H2,1-3H3. The molecule has 7 heteroatoms. The van der Waals surface area contributed by atoms with E-state index in [9.17, 15) is 9.18 Å². The molecular weight excluding hydrogens is 349 g/mol. The molecule has 1 fully saturated rings. The molecule has 3 rings (SSSR count). The third-order valence-corrected chi connectivity index (χ3v) is 4.32. The maximum absolute atomic E-state index is 13.0. The summed E-state index contributed by atoms with van der Waals surface area (Å²) in [7, 11) is 0. The van der Waals surface area contributed by atoms with Gasteiger partial charge in [0.05, 0.1) is 5.71 Å². The van der Waals surface area contributed by atoms with Crippen LogP contribution in [-0.2, 0) is 16.2 Å². The van der Waals surface area contributed by atoms with E-state index in [0.29, 0.717) is 43.1 Å².